The summed E-state index contributed by atoms with van der Waals surface area (Å²) in [4.78, 5) is 5.16. The van der Waals surface area contributed by atoms with Gasteiger partial charge in [-0.15, -0.1) is 0 Å². The molecule has 0 radical (unpaired) electrons. The van der Waals surface area contributed by atoms with Crippen LogP contribution in [-0.2, 0) is 6.42 Å². The molecule has 10 aromatic rings. The zero-order chi connectivity index (χ0) is 34.9. The monoisotopic (exact) mass is 679 g/mol. The van der Waals surface area contributed by atoms with Crippen molar-refractivity contribution in [2.24, 2.45) is 0 Å². The number of para-hydroxylation sites is 2. The topological polar surface area (TPSA) is 35.9 Å². The summed E-state index contributed by atoms with van der Waals surface area (Å²) < 4.78 is 11.3. The lowest BCUT2D eigenvalue weighted by atomic mass is 9.98. The first-order valence-corrected chi connectivity index (χ1v) is 18.3. The molecule has 0 amide bonds. The van der Waals surface area contributed by atoms with Crippen molar-refractivity contribution in [3.05, 3.63) is 181 Å². The second-order valence-corrected chi connectivity index (χ2v) is 13.9. The van der Waals surface area contributed by atoms with Crippen molar-refractivity contribution in [3.8, 4) is 45.0 Å². The molecule has 0 saturated heterocycles. The van der Waals surface area contributed by atoms with Crippen molar-refractivity contribution in [2.75, 3.05) is 0 Å². The second-order valence-electron chi connectivity index (χ2n) is 13.9. The van der Waals surface area contributed by atoms with E-state index < -0.39 is 0 Å². The molecule has 0 spiro atoms. The van der Waals surface area contributed by atoms with E-state index >= 15 is 0 Å². The fraction of sp³-hybridized carbons (Fsp3) is 0.0408. The van der Waals surface area contributed by atoms with Gasteiger partial charge in [0.2, 0.25) is 0 Å². The Labute approximate surface area is 306 Å². The number of imidazole rings is 1. The summed E-state index contributed by atoms with van der Waals surface area (Å²) >= 11 is 0. The number of rotatable bonds is 5. The molecule has 3 heterocycles. The number of hydrogen-bond acceptors (Lipinski definition) is 2. The first kappa shape index (κ1) is 29.8. The van der Waals surface area contributed by atoms with Crippen molar-refractivity contribution >= 4 is 49.8 Å². The largest absolute Gasteiger partial charge is 0.456 e. The summed E-state index contributed by atoms with van der Waals surface area (Å²) in [7, 11) is 0. The van der Waals surface area contributed by atoms with Crippen LogP contribution in [0.25, 0.3) is 94.8 Å². The normalized spacial score (nSPS) is 12.7. The van der Waals surface area contributed by atoms with Gasteiger partial charge in [0.25, 0.3) is 0 Å². The molecule has 11 rings (SSSR count). The quantitative estimate of drug-likeness (QED) is 0.181. The van der Waals surface area contributed by atoms with Gasteiger partial charge in [0.1, 0.15) is 17.0 Å². The number of nitrogens with zero attached hydrogens (tertiary/aromatic N) is 3. The van der Waals surface area contributed by atoms with E-state index in [-0.39, 0.29) is 0 Å². The van der Waals surface area contributed by atoms with E-state index in [0.29, 0.717) is 0 Å². The maximum absolute atomic E-state index is 6.63. The third-order valence-electron chi connectivity index (χ3n) is 10.8. The number of aryl methyl sites for hydroxylation is 1. The van der Waals surface area contributed by atoms with Gasteiger partial charge < -0.3 is 8.98 Å². The predicted molar refractivity (Wildman–Crippen MR) is 219 cm³/mol. The highest BCUT2D eigenvalue weighted by Crippen LogP contribution is 2.40. The van der Waals surface area contributed by atoms with Crippen molar-refractivity contribution in [1.82, 2.24) is 14.1 Å². The molecule has 0 N–H and O–H groups in total. The molecule has 4 nitrogen and oxygen atoms in total. The van der Waals surface area contributed by atoms with E-state index in [1.807, 2.05) is 0 Å². The standard InChI is InChI=1S/C49H33N3O/c1-3-12-32(13-4-1)35-26-29-44-41(30-35)39-16-7-9-19-43(39)51(44)37-27-28-40-47(31-37)53-46-21-11-17-38(48(40)46)33-22-24-34(25-23-33)49-50-42-18-8-10-20-45(42)52(49)36-14-5-2-6-15-36/h1-7,9-17,19-31H,8,18H2. The zero-order valence-electron chi connectivity index (χ0n) is 28.9. The van der Waals surface area contributed by atoms with Crippen molar-refractivity contribution in [3.63, 3.8) is 0 Å². The van der Waals surface area contributed by atoms with Crippen LogP contribution < -0.4 is 0 Å². The first-order valence-electron chi connectivity index (χ1n) is 18.3. The van der Waals surface area contributed by atoms with Gasteiger partial charge in [-0.2, -0.15) is 0 Å². The molecule has 53 heavy (non-hydrogen) atoms. The maximum atomic E-state index is 6.63. The summed E-state index contributed by atoms with van der Waals surface area (Å²) in [5.41, 5.74) is 14.5. The van der Waals surface area contributed by atoms with Gasteiger partial charge in [-0.25, -0.2) is 4.98 Å². The molecule has 250 valence electrons. The van der Waals surface area contributed by atoms with Gasteiger partial charge in [0.15, 0.2) is 0 Å². The molecule has 1 aliphatic rings. The van der Waals surface area contributed by atoms with Crippen LogP contribution in [0.1, 0.15) is 17.8 Å². The molecular weight excluding hydrogens is 647 g/mol. The van der Waals surface area contributed by atoms with Crippen LogP contribution >= 0.6 is 0 Å². The van der Waals surface area contributed by atoms with Gasteiger partial charge in [0.05, 0.1) is 22.4 Å². The van der Waals surface area contributed by atoms with Gasteiger partial charge in [-0.3, -0.25) is 4.57 Å². The summed E-state index contributed by atoms with van der Waals surface area (Å²) in [6, 6.07) is 58.5. The first-order chi connectivity index (χ1) is 26.3. The highest BCUT2D eigenvalue weighted by atomic mass is 16.3. The third-order valence-corrected chi connectivity index (χ3v) is 10.8. The third kappa shape index (κ3) is 4.73. The van der Waals surface area contributed by atoms with Crippen LogP contribution in [0.2, 0.25) is 0 Å². The molecule has 0 atom stereocenters. The van der Waals surface area contributed by atoms with Crippen molar-refractivity contribution < 1.29 is 4.42 Å². The Hall–Kier alpha value is -6.91. The van der Waals surface area contributed by atoms with Gasteiger partial charge in [-0.1, -0.05) is 115 Å². The Balaban J connectivity index is 1.01. The van der Waals surface area contributed by atoms with Crippen LogP contribution in [0, 0.1) is 0 Å². The summed E-state index contributed by atoms with van der Waals surface area (Å²) in [5, 5.41) is 4.71. The number of allylic oxidation sites excluding steroid dienone is 1. The molecule has 4 heteroatoms. The SMILES string of the molecule is C1=Cc2c(nc(-c3ccc(-c4cccc5oc6cc(-n7c8ccccc8c8cc(-c9ccccc9)ccc87)ccc6c45)cc3)n2-c2ccccc2)CC1. The average Bonchev–Trinajstić information content (AvgIpc) is 3.91. The Morgan fingerprint density at radius 3 is 2.11 bits per heavy atom. The lowest BCUT2D eigenvalue weighted by Crippen LogP contribution is -2.01. The summed E-state index contributed by atoms with van der Waals surface area (Å²) in [6.45, 7) is 0. The molecule has 1 aliphatic carbocycles. The Morgan fingerprint density at radius 2 is 1.25 bits per heavy atom. The van der Waals surface area contributed by atoms with Crippen molar-refractivity contribution in [2.45, 2.75) is 12.8 Å². The van der Waals surface area contributed by atoms with Gasteiger partial charge in [0, 0.05) is 44.5 Å². The number of fused-ring (bicyclic) bond motifs is 7. The Bertz CT molecular complexity index is 3030. The molecule has 7 aromatic carbocycles. The number of benzene rings is 7. The van der Waals surface area contributed by atoms with E-state index in [1.165, 1.54) is 38.6 Å². The van der Waals surface area contributed by atoms with Gasteiger partial charge in [-0.05, 0) is 89.7 Å². The molecule has 0 fully saturated rings. The van der Waals surface area contributed by atoms with E-state index in [1.54, 1.807) is 0 Å². The highest BCUT2D eigenvalue weighted by molar-refractivity contribution is 6.14. The smallest absolute Gasteiger partial charge is 0.145 e. The molecule has 0 saturated carbocycles. The van der Waals surface area contributed by atoms with E-state index in [9.17, 15) is 0 Å². The van der Waals surface area contributed by atoms with Crippen LogP contribution in [0.3, 0.4) is 0 Å². The fourth-order valence-corrected chi connectivity index (χ4v) is 8.33. The van der Waals surface area contributed by atoms with Gasteiger partial charge >= 0.3 is 0 Å². The second kappa shape index (κ2) is 11.8. The van der Waals surface area contributed by atoms with Crippen LogP contribution in [0.5, 0.6) is 0 Å². The summed E-state index contributed by atoms with van der Waals surface area (Å²) in [5.74, 6) is 0.972. The fourth-order valence-electron chi connectivity index (χ4n) is 8.33. The lowest BCUT2D eigenvalue weighted by Gasteiger charge is -2.12. The molecule has 0 bridgehead atoms. The maximum Gasteiger partial charge on any atom is 0.145 e. The van der Waals surface area contributed by atoms with E-state index in [2.05, 4.69) is 185 Å². The number of furan rings is 1. The van der Waals surface area contributed by atoms with Crippen LogP contribution in [0.4, 0.5) is 0 Å². The Kier molecular flexibility index (Phi) is 6.65. The predicted octanol–water partition coefficient (Wildman–Crippen LogP) is 12.8. The number of hydrogen-bond donors (Lipinski definition) is 0. The minimum atomic E-state index is 0.872. The average molecular weight is 680 g/mol. The van der Waals surface area contributed by atoms with Crippen molar-refractivity contribution in [1.29, 1.82) is 0 Å². The summed E-state index contributed by atoms with van der Waals surface area (Å²) in [6.07, 6.45) is 6.45. The van der Waals surface area contributed by atoms with E-state index in [0.717, 1.165) is 74.4 Å². The zero-order valence-corrected chi connectivity index (χ0v) is 28.9. The van der Waals surface area contributed by atoms with Crippen LogP contribution in [0.15, 0.2) is 174 Å². The molecule has 3 aromatic heterocycles. The molecular formula is C49H33N3O. The molecule has 0 unspecified atom stereocenters. The van der Waals surface area contributed by atoms with Crippen LogP contribution in [-0.4, -0.2) is 14.1 Å². The minimum Gasteiger partial charge on any atom is -0.456 e. The number of aromatic nitrogens is 3. The Morgan fingerprint density at radius 1 is 0.491 bits per heavy atom. The lowest BCUT2D eigenvalue weighted by molar-refractivity contribution is 0.668. The minimum absolute atomic E-state index is 0.872. The highest BCUT2D eigenvalue weighted by Gasteiger charge is 2.21. The molecule has 0 aliphatic heterocycles. The van der Waals surface area contributed by atoms with E-state index in [4.69, 9.17) is 9.40 Å².